The number of fused-ring (bicyclic) bond motifs is 1. The van der Waals surface area contributed by atoms with E-state index in [4.69, 9.17) is 11.6 Å². The van der Waals surface area contributed by atoms with Crippen LogP contribution in [0.1, 0.15) is 29.0 Å². The largest absolute Gasteiger partial charge is 0.324 e. The average Bonchev–Trinajstić information content (AvgIpc) is 2.74. The molecule has 1 atom stereocenters. The van der Waals surface area contributed by atoms with E-state index in [1.165, 1.54) is 11.8 Å². The van der Waals surface area contributed by atoms with Gasteiger partial charge in [0, 0.05) is 12.2 Å². The third-order valence-electron chi connectivity index (χ3n) is 5.00. The molecule has 1 aromatic heterocycles. The Bertz CT molecular complexity index is 1230. The van der Waals surface area contributed by atoms with E-state index in [0.717, 1.165) is 11.1 Å². The summed E-state index contributed by atoms with van der Waals surface area (Å²) < 4.78 is 0. The Morgan fingerprint density at radius 1 is 1.19 bits per heavy atom. The highest BCUT2D eigenvalue weighted by atomic mass is 35.5. The fourth-order valence-electron chi connectivity index (χ4n) is 3.34. The smallest absolute Gasteiger partial charge is 0.257 e. The number of rotatable bonds is 5. The maximum atomic E-state index is 12.9. The van der Waals surface area contributed by atoms with Crippen LogP contribution in [0.3, 0.4) is 0 Å². The number of benzene rings is 2. The van der Waals surface area contributed by atoms with Gasteiger partial charge in [-0.2, -0.15) is 0 Å². The van der Waals surface area contributed by atoms with Crippen molar-refractivity contribution in [2.24, 2.45) is 0 Å². The van der Waals surface area contributed by atoms with Crippen molar-refractivity contribution in [2.45, 2.75) is 30.2 Å². The number of anilines is 2. The summed E-state index contributed by atoms with van der Waals surface area (Å²) in [5, 5.41) is 6.06. The molecule has 0 bridgehead atoms. The summed E-state index contributed by atoms with van der Waals surface area (Å²) in [5.74, 6) is -1.10. The molecule has 1 unspecified atom stereocenters. The topological polar surface area (TPSA) is 104 Å². The van der Waals surface area contributed by atoms with Crippen LogP contribution in [0, 0.1) is 6.92 Å². The van der Waals surface area contributed by atoms with Crippen molar-refractivity contribution in [3.8, 4) is 0 Å². The number of hydrogen-bond donors (Lipinski definition) is 3. The quantitative estimate of drug-likeness (QED) is 0.398. The maximum absolute atomic E-state index is 12.9. The molecule has 1 aliphatic rings. The van der Waals surface area contributed by atoms with E-state index in [2.05, 4.69) is 20.6 Å². The Morgan fingerprint density at radius 3 is 2.71 bits per heavy atom. The van der Waals surface area contributed by atoms with Crippen LogP contribution in [0.5, 0.6) is 0 Å². The lowest BCUT2D eigenvalue weighted by atomic mass is 9.92. The summed E-state index contributed by atoms with van der Waals surface area (Å²) in [6.07, 6.45) is -0.149. The number of nitrogens with zero attached hydrogens (tertiary/aromatic N) is 1. The number of para-hydroxylation sites is 1. The van der Waals surface area contributed by atoms with E-state index in [-0.39, 0.29) is 23.7 Å². The molecular weight excluding hydrogens is 436 g/mol. The standard InChI is InChI=1S/C22H19ClN4O3S/c1-12-6-2-3-7-13(12)11-31-22-26-19-18(21(30)27-22)14(10-17(28)25-19)20(29)24-16-9-5-4-8-15(16)23/h2-9,14H,10-11H2,1H3,(H,24,29)(H2,25,26,27,28,30). The monoisotopic (exact) mass is 454 g/mol. The minimum atomic E-state index is -0.966. The number of aromatic nitrogens is 2. The molecule has 4 rings (SSSR count). The lowest BCUT2D eigenvalue weighted by Gasteiger charge is -2.23. The van der Waals surface area contributed by atoms with Gasteiger partial charge in [0.1, 0.15) is 5.82 Å². The SMILES string of the molecule is Cc1ccccc1CSc1nc2c(c(=O)[nH]1)C(C(=O)Nc1ccccc1Cl)CC(=O)N2. The van der Waals surface area contributed by atoms with Gasteiger partial charge in [0.05, 0.1) is 22.2 Å². The lowest BCUT2D eigenvalue weighted by Crippen LogP contribution is -2.36. The number of aromatic amines is 1. The number of nitrogens with one attached hydrogen (secondary N) is 3. The summed E-state index contributed by atoms with van der Waals surface area (Å²) >= 11 is 7.46. The van der Waals surface area contributed by atoms with Crippen LogP contribution in [0.25, 0.3) is 0 Å². The van der Waals surface area contributed by atoms with Crippen LogP contribution in [0.4, 0.5) is 11.5 Å². The molecule has 3 aromatic rings. The number of halogens is 1. The Hall–Kier alpha value is -3.10. The highest BCUT2D eigenvalue weighted by Crippen LogP contribution is 2.32. The molecule has 2 amide bonds. The molecule has 31 heavy (non-hydrogen) atoms. The van der Waals surface area contributed by atoms with E-state index in [9.17, 15) is 14.4 Å². The fraction of sp³-hybridized carbons (Fsp3) is 0.182. The molecular formula is C22H19ClN4O3S. The Kier molecular flexibility index (Phi) is 6.11. The molecule has 3 N–H and O–H groups in total. The summed E-state index contributed by atoms with van der Waals surface area (Å²) in [7, 11) is 0. The zero-order valence-electron chi connectivity index (χ0n) is 16.6. The van der Waals surface area contributed by atoms with Crippen LogP contribution in [0.15, 0.2) is 58.5 Å². The van der Waals surface area contributed by atoms with Crippen molar-refractivity contribution in [3.63, 3.8) is 0 Å². The lowest BCUT2D eigenvalue weighted by molar-refractivity contribution is -0.123. The number of carbonyl (C=O) groups is 2. The summed E-state index contributed by atoms with van der Waals surface area (Å²) in [4.78, 5) is 45.1. The Balaban J connectivity index is 1.59. The molecule has 158 valence electrons. The first kappa shape index (κ1) is 21.1. The van der Waals surface area contributed by atoms with Crippen molar-refractivity contribution in [2.75, 3.05) is 10.6 Å². The third-order valence-corrected chi connectivity index (χ3v) is 6.25. The summed E-state index contributed by atoms with van der Waals surface area (Å²) in [5.41, 5.74) is 2.37. The van der Waals surface area contributed by atoms with Crippen molar-refractivity contribution >= 4 is 46.7 Å². The van der Waals surface area contributed by atoms with E-state index in [1.54, 1.807) is 24.3 Å². The van der Waals surface area contributed by atoms with Gasteiger partial charge in [-0.3, -0.25) is 14.4 Å². The highest BCUT2D eigenvalue weighted by molar-refractivity contribution is 7.98. The number of thioether (sulfide) groups is 1. The second kappa shape index (κ2) is 8.95. The van der Waals surface area contributed by atoms with E-state index >= 15 is 0 Å². The van der Waals surface area contributed by atoms with E-state index in [0.29, 0.717) is 21.6 Å². The van der Waals surface area contributed by atoms with Crippen LogP contribution >= 0.6 is 23.4 Å². The van der Waals surface area contributed by atoms with Gasteiger partial charge in [-0.05, 0) is 30.2 Å². The maximum Gasteiger partial charge on any atom is 0.257 e. The molecule has 0 fully saturated rings. The molecule has 2 aromatic carbocycles. The van der Waals surface area contributed by atoms with Gasteiger partial charge in [0.15, 0.2) is 5.16 Å². The summed E-state index contributed by atoms with van der Waals surface area (Å²) in [6, 6.07) is 14.7. The van der Waals surface area contributed by atoms with Crippen molar-refractivity contribution in [3.05, 3.63) is 80.6 Å². The number of aryl methyl sites for hydroxylation is 1. The van der Waals surface area contributed by atoms with Gasteiger partial charge in [0.25, 0.3) is 5.56 Å². The molecule has 0 spiro atoms. The number of carbonyl (C=O) groups excluding carboxylic acids is 2. The van der Waals surface area contributed by atoms with Crippen LogP contribution in [-0.4, -0.2) is 21.8 Å². The first-order chi connectivity index (χ1) is 14.9. The Morgan fingerprint density at radius 2 is 1.94 bits per heavy atom. The van der Waals surface area contributed by atoms with Crippen LogP contribution < -0.4 is 16.2 Å². The second-order valence-electron chi connectivity index (χ2n) is 7.12. The van der Waals surface area contributed by atoms with Gasteiger partial charge in [-0.15, -0.1) is 0 Å². The first-order valence-electron chi connectivity index (χ1n) is 9.59. The predicted molar refractivity (Wildman–Crippen MR) is 122 cm³/mol. The minimum absolute atomic E-state index is 0.117. The molecule has 0 radical (unpaired) electrons. The zero-order chi connectivity index (χ0) is 22.0. The summed E-state index contributed by atoms with van der Waals surface area (Å²) in [6.45, 7) is 2.02. The first-order valence-corrected chi connectivity index (χ1v) is 11.0. The van der Waals surface area contributed by atoms with Crippen molar-refractivity contribution in [1.82, 2.24) is 9.97 Å². The van der Waals surface area contributed by atoms with Crippen LogP contribution in [-0.2, 0) is 15.3 Å². The number of hydrogen-bond acceptors (Lipinski definition) is 5. The predicted octanol–water partition coefficient (Wildman–Crippen LogP) is 4.09. The average molecular weight is 455 g/mol. The fourth-order valence-corrected chi connectivity index (χ4v) is 4.46. The molecule has 7 nitrogen and oxygen atoms in total. The minimum Gasteiger partial charge on any atom is -0.324 e. The molecule has 0 saturated heterocycles. The second-order valence-corrected chi connectivity index (χ2v) is 8.49. The zero-order valence-corrected chi connectivity index (χ0v) is 18.1. The van der Waals surface area contributed by atoms with E-state index < -0.39 is 17.4 Å². The Labute approximate surface area is 187 Å². The molecule has 0 aliphatic carbocycles. The molecule has 0 saturated carbocycles. The van der Waals surface area contributed by atoms with Crippen LogP contribution in [0.2, 0.25) is 5.02 Å². The molecule has 2 heterocycles. The van der Waals surface area contributed by atoms with E-state index in [1.807, 2.05) is 31.2 Å². The van der Waals surface area contributed by atoms with Gasteiger partial charge >= 0.3 is 0 Å². The number of H-pyrrole nitrogens is 1. The highest BCUT2D eigenvalue weighted by Gasteiger charge is 2.35. The number of amides is 2. The van der Waals surface area contributed by atoms with Gasteiger partial charge < -0.3 is 15.6 Å². The third kappa shape index (κ3) is 4.65. The molecule has 1 aliphatic heterocycles. The van der Waals surface area contributed by atoms with Crippen molar-refractivity contribution < 1.29 is 9.59 Å². The molecule has 9 heteroatoms. The van der Waals surface area contributed by atoms with Gasteiger partial charge in [0.2, 0.25) is 11.8 Å². The van der Waals surface area contributed by atoms with Gasteiger partial charge in [-0.1, -0.05) is 59.8 Å². The van der Waals surface area contributed by atoms with Crippen molar-refractivity contribution in [1.29, 1.82) is 0 Å². The normalized spacial score (nSPS) is 15.2. The van der Waals surface area contributed by atoms with Gasteiger partial charge in [-0.25, -0.2) is 4.98 Å².